The summed E-state index contributed by atoms with van der Waals surface area (Å²) in [6.07, 6.45) is 14.0. The average molecular weight is 591 g/mol. The van der Waals surface area contributed by atoms with Crippen molar-refractivity contribution in [1.82, 2.24) is 25.1 Å². The molecule has 6 rings (SSSR count). The fraction of sp³-hybridized carbons (Fsp3) is 0.531. The standard InChI is InChI=1S/C32H40BrN5O/c33-24-20-27-29(32(39)35-25-12-6-2-7-13-25)28(30(36-31(27)34-21-24)23-10-4-1-5-11-23)22-37-18-14-26(15-19-37)38-16-8-3-9-17-38/h1,4-5,10-11,20-21,25-26H,2-3,6-9,12-19,22H2,(H,35,39). The second-order valence-corrected chi connectivity index (χ2v) is 12.5. The highest BCUT2D eigenvalue weighted by Crippen LogP contribution is 2.33. The quantitative estimate of drug-likeness (QED) is 0.352. The number of nitrogens with zero attached hydrogens (tertiary/aromatic N) is 4. The normalized spacial score (nSPS) is 20.3. The number of carbonyl (C=O) groups is 1. The van der Waals surface area contributed by atoms with Gasteiger partial charge in [-0.25, -0.2) is 9.97 Å². The number of piperidine rings is 2. The van der Waals surface area contributed by atoms with Gasteiger partial charge in [0.15, 0.2) is 5.65 Å². The van der Waals surface area contributed by atoms with Crippen molar-refractivity contribution in [3.8, 4) is 11.3 Å². The Morgan fingerprint density at radius 3 is 2.38 bits per heavy atom. The lowest BCUT2D eigenvalue weighted by atomic mass is 9.93. The molecule has 1 aliphatic carbocycles. The number of halogens is 1. The Morgan fingerprint density at radius 1 is 0.923 bits per heavy atom. The Kier molecular flexibility index (Phi) is 8.57. The third-order valence-electron chi connectivity index (χ3n) is 8.97. The minimum Gasteiger partial charge on any atom is -0.349 e. The Bertz CT molecular complexity index is 1280. The number of amides is 1. The van der Waals surface area contributed by atoms with Crippen molar-refractivity contribution < 1.29 is 4.79 Å². The van der Waals surface area contributed by atoms with E-state index in [0.29, 0.717) is 11.7 Å². The smallest absolute Gasteiger partial charge is 0.252 e. The van der Waals surface area contributed by atoms with Crippen LogP contribution < -0.4 is 5.32 Å². The van der Waals surface area contributed by atoms with E-state index in [1.54, 1.807) is 6.20 Å². The van der Waals surface area contributed by atoms with Crippen LogP contribution in [0.3, 0.4) is 0 Å². The molecule has 39 heavy (non-hydrogen) atoms. The highest BCUT2D eigenvalue weighted by atomic mass is 79.9. The van der Waals surface area contributed by atoms with E-state index in [4.69, 9.17) is 4.98 Å². The summed E-state index contributed by atoms with van der Waals surface area (Å²) in [6.45, 7) is 5.33. The van der Waals surface area contributed by atoms with Gasteiger partial charge in [0.2, 0.25) is 0 Å². The van der Waals surface area contributed by atoms with Crippen molar-refractivity contribution in [3.05, 3.63) is 58.2 Å². The molecule has 4 heterocycles. The molecule has 1 aromatic carbocycles. The molecule has 6 nitrogen and oxygen atoms in total. The van der Waals surface area contributed by atoms with Crippen molar-refractivity contribution in [2.24, 2.45) is 0 Å². The molecular formula is C32H40BrN5O. The lowest BCUT2D eigenvalue weighted by molar-refractivity contribution is 0.0881. The van der Waals surface area contributed by atoms with Crippen molar-refractivity contribution in [2.45, 2.75) is 82.8 Å². The van der Waals surface area contributed by atoms with E-state index in [-0.39, 0.29) is 11.9 Å². The van der Waals surface area contributed by atoms with Crippen LogP contribution in [0.15, 0.2) is 47.1 Å². The van der Waals surface area contributed by atoms with Gasteiger partial charge in [0.25, 0.3) is 5.91 Å². The lowest BCUT2D eigenvalue weighted by Gasteiger charge is -2.40. The van der Waals surface area contributed by atoms with E-state index in [9.17, 15) is 4.79 Å². The average Bonchev–Trinajstić information content (AvgIpc) is 2.98. The summed E-state index contributed by atoms with van der Waals surface area (Å²) in [5.74, 6) is 0.0181. The maximum Gasteiger partial charge on any atom is 0.252 e. The third-order valence-corrected chi connectivity index (χ3v) is 9.40. The van der Waals surface area contributed by atoms with Gasteiger partial charge in [-0.05, 0) is 86.7 Å². The zero-order valence-corrected chi connectivity index (χ0v) is 24.5. The minimum absolute atomic E-state index is 0.0181. The predicted molar refractivity (Wildman–Crippen MR) is 161 cm³/mol. The van der Waals surface area contributed by atoms with Crippen LogP contribution in [0.25, 0.3) is 22.3 Å². The number of likely N-dealkylation sites (tertiary alicyclic amines) is 2. The molecule has 1 amide bonds. The van der Waals surface area contributed by atoms with Gasteiger partial charge in [-0.15, -0.1) is 0 Å². The van der Waals surface area contributed by atoms with E-state index in [0.717, 1.165) is 64.7 Å². The summed E-state index contributed by atoms with van der Waals surface area (Å²) in [6, 6.07) is 13.3. The Balaban J connectivity index is 1.36. The highest BCUT2D eigenvalue weighted by molar-refractivity contribution is 9.10. The summed E-state index contributed by atoms with van der Waals surface area (Å²) >= 11 is 3.61. The molecule has 3 aliphatic rings. The van der Waals surface area contributed by atoms with E-state index >= 15 is 0 Å². The number of hydrogen-bond acceptors (Lipinski definition) is 5. The van der Waals surface area contributed by atoms with Gasteiger partial charge in [0.1, 0.15) is 0 Å². The molecule has 0 radical (unpaired) electrons. The lowest BCUT2D eigenvalue weighted by Crippen LogP contribution is -2.46. The molecular weight excluding hydrogens is 550 g/mol. The third kappa shape index (κ3) is 6.21. The van der Waals surface area contributed by atoms with Gasteiger partial charge in [-0.3, -0.25) is 9.69 Å². The van der Waals surface area contributed by atoms with Crippen molar-refractivity contribution >= 4 is 32.9 Å². The Hall–Kier alpha value is -2.35. The number of fused-ring (bicyclic) bond motifs is 1. The van der Waals surface area contributed by atoms with Gasteiger partial charge in [-0.2, -0.15) is 0 Å². The van der Waals surface area contributed by atoms with Crippen LogP contribution in [-0.4, -0.2) is 63.9 Å². The Morgan fingerprint density at radius 2 is 1.64 bits per heavy atom. The first-order chi connectivity index (χ1) is 19.2. The highest BCUT2D eigenvalue weighted by Gasteiger charge is 2.29. The van der Waals surface area contributed by atoms with E-state index in [1.165, 1.54) is 64.5 Å². The Labute approximate surface area is 240 Å². The molecule has 0 unspecified atom stereocenters. The summed E-state index contributed by atoms with van der Waals surface area (Å²) in [5, 5.41) is 4.25. The molecule has 7 heteroatoms. The molecule has 2 aromatic heterocycles. The summed E-state index contributed by atoms with van der Waals surface area (Å²) in [4.78, 5) is 29.1. The van der Waals surface area contributed by atoms with Crippen molar-refractivity contribution in [3.63, 3.8) is 0 Å². The topological polar surface area (TPSA) is 61.4 Å². The SMILES string of the molecule is O=C(NC1CCCCC1)c1c(CN2CCC(N3CCCCC3)CC2)c(-c2ccccc2)nc2ncc(Br)cc12. The van der Waals surface area contributed by atoms with E-state index in [2.05, 4.69) is 48.2 Å². The fourth-order valence-electron chi connectivity index (χ4n) is 6.86. The zero-order chi connectivity index (χ0) is 26.6. The number of nitrogens with one attached hydrogen (secondary N) is 1. The number of rotatable bonds is 6. The molecule has 1 N–H and O–H groups in total. The number of aromatic nitrogens is 2. The number of benzene rings is 1. The number of pyridine rings is 2. The maximum absolute atomic E-state index is 14.1. The minimum atomic E-state index is 0.0181. The van der Waals surface area contributed by atoms with Gasteiger partial charge in [-0.1, -0.05) is 56.0 Å². The predicted octanol–water partition coefficient (Wildman–Crippen LogP) is 6.57. The van der Waals surface area contributed by atoms with Crippen molar-refractivity contribution in [2.75, 3.05) is 26.2 Å². The molecule has 0 bridgehead atoms. The fourth-order valence-corrected chi connectivity index (χ4v) is 7.19. The van der Waals surface area contributed by atoms with Gasteiger partial charge in [0.05, 0.1) is 11.3 Å². The molecule has 2 saturated heterocycles. The first-order valence-corrected chi connectivity index (χ1v) is 15.8. The largest absolute Gasteiger partial charge is 0.349 e. The van der Waals surface area contributed by atoms with Gasteiger partial charge >= 0.3 is 0 Å². The van der Waals surface area contributed by atoms with Crippen molar-refractivity contribution in [1.29, 1.82) is 0 Å². The van der Waals surface area contributed by atoms with Gasteiger partial charge < -0.3 is 10.2 Å². The molecule has 0 spiro atoms. The second kappa shape index (κ2) is 12.4. The first-order valence-electron chi connectivity index (χ1n) is 15.0. The van der Waals surface area contributed by atoms with Crippen LogP contribution in [-0.2, 0) is 6.54 Å². The second-order valence-electron chi connectivity index (χ2n) is 11.6. The van der Waals surface area contributed by atoms with Gasteiger partial charge in [0, 0.05) is 45.8 Å². The summed E-state index contributed by atoms with van der Waals surface area (Å²) in [5.41, 5.74) is 4.31. The maximum atomic E-state index is 14.1. The van der Waals surface area contributed by atoms with Crippen LogP contribution in [0.4, 0.5) is 0 Å². The molecule has 3 aromatic rings. The molecule has 2 aliphatic heterocycles. The monoisotopic (exact) mass is 589 g/mol. The molecule has 0 atom stereocenters. The molecule has 206 valence electrons. The van der Waals surface area contributed by atoms with Crippen LogP contribution >= 0.6 is 15.9 Å². The van der Waals surface area contributed by atoms with Crippen LogP contribution in [0, 0.1) is 0 Å². The van der Waals surface area contributed by atoms with Crippen LogP contribution in [0.2, 0.25) is 0 Å². The summed E-state index contributed by atoms with van der Waals surface area (Å²) in [7, 11) is 0. The summed E-state index contributed by atoms with van der Waals surface area (Å²) < 4.78 is 0.865. The molecule has 3 fully saturated rings. The number of carbonyl (C=O) groups excluding carboxylic acids is 1. The first kappa shape index (κ1) is 26.9. The van der Waals surface area contributed by atoms with E-state index in [1.807, 2.05) is 24.3 Å². The zero-order valence-electron chi connectivity index (χ0n) is 22.9. The van der Waals surface area contributed by atoms with E-state index < -0.39 is 0 Å². The number of hydrogen-bond donors (Lipinski definition) is 1. The van der Waals surface area contributed by atoms with Crippen LogP contribution in [0.5, 0.6) is 0 Å². The molecule has 1 saturated carbocycles. The van der Waals surface area contributed by atoms with Crippen LogP contribution in [0.1, 0.15) is 80.1 Å².